The van der Waals surface area contributed by atoms with Crippen molar-refractivity contribution in [2.75, 3.05) is 6.54 Å². The molecule has 0 aliphatic heterocycles. The van der Waals surface area contributed by atoms with E-state index in [-0.39, 0.29) is 17.2 Å². The van der Waals surface area contributed by atoms with E-state index in [9.17, 15) is 9.59 Å². The van der Waals surface area contributed by atoms with Crippen molar-refractivity contribution >= 4 is 11.9 Å². The van der Waals surface area contributed by atoms with Gasteiger partial charge in [0.25, 0.3) is 0 Å². The van der Waals surface area contributed by atoms with Crippen molar-refractivity contribution in [2.45, 2.75) is 45.6 Å². The van der Waals surface area contributed by atoms with Crippen LogP contribution in [0.3, 0.4) is 0 Å². The first-order chi connectivity index (χ1) is 7.90. The van der Waals surface area contributed by atoms with Gasteiger partial charge in [0, 0.05) is 6.42 Å². The molecule has 17 heavy (non-hydrogen) atoms. The van der Waals surface area contributed by atoms with Gasteiger partial charge in [-0.25, -0.2) is 4.79 Å². The van der Waals surface area contributed by atoms with E-state index in [0.29, 0.717) is 13.0 Å². The summed E-state index contributed by atoms with van der Waals surface area (Å²) < 4.78 is 0. The maximum Gasteiger partial charge on any atom is 0.326 e. The van der Waals surface area contributed by atoms with Crippen LogP contribution in [-0.2, 0) is 9.59 Å². The molecule has 0 aromatic carbocycles. The third kappa shape index (κ3) is 3.43. The molecule has 5 nitrogen and oxygen atoms in total. The largest absolute Gasteiger partial charge is 0.480 e. The zero-order chi connectivity index (χ0) is 13.1. The standard InChI is InChI=1S/C12H22N2O3/c1-8(2)10(11(16)17)14-9(15)6-12(7-13)4-3-5-12/h8,10H,3-7,13H2,1-2H3,(H,14,15)(H,16,17)/t10-/m0/s1. The first-order valence-electron chi connectivity index (χ1n) is 6.12. The summed E-state index contributed by atoms with van der Waals surface area (Å²) in [5.74, 6) is -1.30. The molecule has 0 aromatic heterocycles. The smallest absolute Gasteiger partial charge is 0.326 e. The molecule has 1 amide bonds. The predicted octanol–water partition coefficient (Wildman–Crippen LogP) is 0.731. The van der Waals surface area contributed by atoms with E-state index in [4.69, 9.17) is 10.8 Å². The number of carbonyl (C=O) groups is 2. The maximum atomic E-state index is 11.8. The van der Waals surface area contributed by atoms with Crippen molar-refractivity contribution in [1.29, 1.82) is 0 Å². The first-order valence-corrected chi connectivity index (χ1v) is 6.12. The van der Waals surface area contributed by atoms with Crippen LogP contribution in [0.25, 0.3) is 0 Å². The van der Waals surface area contributed by atoms with Gasteiger partial charge in [-0.2, -0.15) is 0 Å². The molecule has 0 bridgehead atoms. The highest BCUT2D eigenvalue weighted by molar-refractivity contribution is 5.84. The second kappa shape index (κ2) is 5.49. The lowest BCUT2D eigenvalue weighted by Gasteiger charge is -2.40. The Morgan fingerprint density at radius 3 is 2.29 bits per heavy atom. The van der Waals surface area contributed by atoms with E-state index in [1.165, 1.54) is 0 Å². The Morgan fingerprint density at radius 1 is 1.41 bits per heavy atom. The highest BCUT2D eigenvalue weighted by Gasteiger charge is 2.38. The zero-order valence-corrected chi connectivity index (χ0v) is 10.5. The fourth-order valence-corrected chi connectivity index (χ4v) is 2.21. The Balaban J connectivity index is 2.50. The number of hydrogen-bond acceptors (Lipinski definition) is 3. The number of carbonyl (C=O) groups excluding carboxylic acids is 1. The van der Waals surface area contributed by atoms with Gasteiger partial charge in [-0.05, 0) is 30.7 Å². The summed E-state index contributed by atoms with van der Waals surface area (Å²) in [6.45, 7) is 4.06. The van der Waals surface area contributed by atoms with Gasteiger partial charge >= 0.3 is 5.97 Å². The Hall–Kier alpha value is -1.10. The van der Waals surface area contributed by atoms with E-state index in [0.717, 1.165) is 19.3 Å². The van der Waals surface area contributed by atoms with E-state index < -0.39 is 12.0 Å². The molecular weight excluding hydrogens is 220 g/mol. The van der Waals surface area contributed by atoms with Crippen LogP contribution in [0.1, 0.15) is 39.5 Å². The minimum Gasteiger partial charge on any atom is -0.480 e. The van der Waals surface area contributed by atoms with Crippen molar-refractivity contribution < 1.29 is 14.7 Å². The summed E-state index contributed by atoms with van der Waals surface area (Å²) in [5, 5.41) is 11.6. The number of carboxylic acids is 1. The van der Waals surface area contributed by atoms with Crippen molar-refractivity contribution in [3.8, 4) is 0 Å². The van der Waals surface area contributed by atoms with Crippen molar-refractivity contribution in [2.24, 2.45) is 17.1 Å². The predicted molar refractivity (Wildman–Crippen MR) is 64.4 cm³/mol. The average molecular weight is 242 g/mol. The van der Waals surface area contributed by atoms with Gasteiger partial charge in [0.05, 0.1) is 0 Å². The molecule has 4 N–H and O–H groups in total. The molecule has 0 spiro atoms. The topological polar surface area (TPSA) is 92.4 Å². The molecule has 0 saturated heterocycles. The summed E-state index contributed by atoms with van der Waals surface area (Å²) in [5.41, 5.74) is 5.59. The fourth-order valence-electron chi connectivity index (χ4n) is 2.21. The van der Waals surface area contributed by atoms with Crippen molar-refractivity contribution in [3.63, 3.8) is 0 Å². The lowest BCUT2D eigenvalue weighted by Crippen LogP contribution is -2.48. The van der Waals surface area contributed by atoms with Crippen LogP contribution in [0.15, 0.2) is 0 Å². The fraction of sp³-hybridized carbons (Fsp3) is 0.833. The minimum absolute atomic E-state index is 0.0792. The van der Waals surface area contributed by atoms with Crippen LogP contribution in [0.4, 0.5) is 0 Å². The summed E-state index contributed by atoms with van der Waals surface area (Å²) in [7, 11) is 0. The van der Waals surface area contributed by atoms with Crippen LogP contribution in [0.2, 0.25) is 0 Å². The van der Waals surface area contributed by atoms with E-state index in [1.807, 2.05) is 0 Å². The van der Waals surface area contributed by atoms with Gasteiger partial charge in [0.2, 0.25) is 5.91 Å². The molecule has 1 aliphatic carbocycles. The molecule has 1 aliphatic rings. The van der Waals surface area contributed by atoms with Gasteiger partial charge in [-0.1, -0.05) is 20.3 Å². The lowest BCUT2D eigenvalue weighted by molar-refractivity contribution is -0.143. The Bertz CT molecular complexity index is 293. The Morgan fingerprint density at radius 2 is 2.00 bits per heavy atom. The third-order valence-electron chi connectivity index (χ3n) is 3.63. The number of rotatable bonds is 6. The van der Waals surface area contributed by atoms with Crippen molar-refractivity contribution in [1.82, 2.24) is 5.32 Å². The maximum absolute atomic E-state index is 11.8. The molecule has 0 unspecified atom stereocenters. The van der Waals surface area contributed by atoms with E-state index >= 15 is 0 Å². The van der Waals surface area contributed by atoms with Crippen LogP contribution in [0, 0.1) is 11.3 Å². The van der Waals surface area contributed by atoms with Crippen LogP contribution < -0.4 is 11.1 Å². The molecule has 1 rings (SSSR count). The lowest BCUT2D eigenvalue weighted by atomic mass is 9.66. The molecule has 0 radical (unpaired) electrons. The summed E-state index contributed by atoms with van der Waals surface area (Å²) in [6, 6.07) is -0.808. The van der Waals surface area contributed by atoms with Crippen LogP contribution >= 0.6 is 0 Å². The van der Waals surface area contributed by atoms with E-state index in [1.54, 1.807) is 13.8 Å². The average Bonchev–Trinajstić information content (AvgIpc) is 2.19. The highest BCUT2D eigenvalue weighted by Crippen LogP contribution is 2.42. The Kier molecular flexibility index (Phi) is 4.51. The molecule has 0 heterocycles. The number of hydrogen-bond donors (Lipinski definition) is 3. The molecule has 1 fully saturated rings. The quantitative estimate of drug-likeness (QED) is 0.640. The third-order valence-corrected chi connectivity index (χ3v) is 3.63. The van der Waals surface area contributed by atoms with Gasteiger partial charge < -0.3 is 16.2 Å². The number of amides is 1. The van der Waals surface area contributed by atoms with Gasteiger partial charge in [0.15, 0.2) is 0 Å². The van der Waals surface area contributed by atoms with Gasteiger partial charge in [0.1, 0.15) is 6.04 Å². The van der Waals surface area contributed by atoms with Crippen molar-refractivity contribution in [3.05, 3.63) is 0 Å². The second-order valence-electron chi connectivity index (χ2n) is 5.36. The van der Waals surface area contributed by atoms with Crippen LogP contribution in [-0.4, -0.2) is 29.6 Å². The van der Waals surface area contributed by atoms with Gasteiger partial charge in [-0.3, -0.25) is 4.79 Å². The highest BCUT2D eigenvalue weighted by atomic mass is 16.4. The monoisotopic (exact) mass is 242 g/mol. The normalized spacial score (nSPS) is 19.5. The molecular formula is C12H22N2O3. The van der Waals surface area contributed by atoms with Crippen LogP contribution in [0.5, 0.6) is 0 Å². The number of carboxylic acid groups (broad SMARTS) is 1. The molecule has 1 atom stereocenters. The van der Waals surface area contributed by atoms with E-state index in [2.05, 4.69) is 5.32 Å². The van der Waals surface area contributed by atoms with Gasteiger partial charge in [-0.15, -0.1) is 0 Å². The molecule has 5 heteroatoms. The molecule has 0 aromatic rings. The number of aliphatic carboxylic acids is 1. The Labute approximate surface area is 102 Å². The SMILES string of the molecule is CC(C)[C@H](NC(=O)CC1(CN)CCC1)C(=O)O. The summed E-state index contributed by atoms with van der Waals surface area (Å²) >= 11 is 0. The molecule has 98 valence electrons. The molecule has 1 saturated carbocycles. The first kappa shape index (κ1) is 14.0. The number of nitrogens with one attached hydrogen (secondary N) is 1. The summed E-state index contributed by atoms with van der Waals surface area (Å²) in [4.78, 5) is 22.8. The summed E-state index contributed by atoms with van der Waals surface area (Å²) in [6.07, 6.45) is 3.39. The minimum atomic E-state index is -0.983. The number of nitrogens with two attached hydrogens (primary N) is 1. The zero-order valence-electron chi connectivity index (χ0n) is 10.5. The second-order valence-corrected chi connectivity index (χ2v) is 5.36.